The van der Waals surface area contributed by atoms with Crippen molar-refractivity contribution in [1.29, 1.82) is 0 Å². The van der Waals surface area contributed by atoms with Crippen molar-refractivity contribution >= 4 is 22.3 Å². The molecule has 0 radical (unpaired) electrons. The summed E-state index contributed by atoms with van der Waals surface area (Å²) in [5, 5.41) is 4.46. The van der Waals surface area contributed by atoms with Gasteiger partial charge in [-0.3, -0.25) is 9.88 Å². The molecule has 1 aromatic carbocycles. The Hall–Kier alpha value is -3.19. The second-order valence-electron chi connectivity index (χ2n) is 8.74. The summed E-state index contributed by atoms with van der Waals surface area (Å²) >= 11 is 0. The first kappa shape index (κ1) is 19.8. The van der Waals surface area contributed by atoms with E-state index < -0.39 is 0 Å². The first-order valence-electron chi connectivity index (χ1n) is 10.8. The molecule has 1 aliphatic rings. The molecule has 7 heteroatoms. The first-order chi connectivity index (χ1) is 14.9. The van der Waals surface area contributed by atoms with Crippen LogP contribution in [0.1, 0.15) is 31.7 Å². The van der Waals surface area contributed by atoms with E-state index in [4.69, 9.17) is 4.42 Å². The van der Waals surface area contributed by atoms with Gasteiger partial charge in [0.1, 0.15) is 5.58 Å². The molecule has 1 aliphatic heterocycles. The van der Waals surface area contributed by atoms with Crippen LogP contribution in [0, 0.1) is 13.8 Å². The third kappa shape index (κ3) is 3.70. The Morgan fingerprint density at radius 3 is 2.77 bits per heavy atom. The van der Waals surface area contributed by atoms with Crippen LogP contribution < -0.4 is 10.9 Å². The minimum absolute atomic E-state index is 0.387. The van der Waals surface area contributed by atoms with Gasteiger partial charge in [-0.2, -0.15) is 0 Å². The zero-order valence-electron chi connectivity index (χ0n) is 18.3. The van der Waals surface area contributed by atoms with E-state index >= 15 is 0 Å². The number of aromatic nitrogens is 3. The second kappa shape index (κ2) is 7.50. The number of hydrogen-bond donors (Lipinski definition) is 1. The summed E-state index contributed by atoms with van der Waals surface area (Å²) in [6.45, 7) is 10.4. The highest BCUT2D eigenvalue weighted by atomic mass is 16.4. The topological polar surface area (TPSA) is 75.7 Å². The Labute approximate surface area is 180 Å². The summed E-state index contributed by atoms with van der Waals surface area (Å²) in [7, 11) is 0. The smallest absolute Gasteiger partial charge is 0.345 e. The number of nitrogens with one attached hydrogen (secondary N) is 1. The Balaban J connectivity index is 1.46. The van der Waals surface area contributed by atoms with Gasteiger partial charge in [0, 0.05) is 54.7 Å². The van der Waals surface area contributed by atoms with Gasteiger partial charge in [-0.1, -0.05) is 0 Å². The van der Waals surface area contributed by atoms with Crippen molar-refractivity contribution in [2.24, 2.45) is 0 Å². The molecule has 1 saturated heterocycles. The molecule has 0 aliphatic carbocycles. The number of nitrogens with zero attached hydrogens (tertiary/aromatic N) is 4. The van der Waals surface area contributed by atoms with Crippen LogP contribution in [-0.2, 0) is 0 Å². The molecule has 0 amide bonds. The largest absolute Gasteiger partial charge is 0.422 e. The van der Waals surface area contributed by atoms with Crippen LogP contribution in [0.5, 0.6) is 0 Å². The molecular formula is C24H27N5O2. The average molecular weight is 418 g/mol. The summed E-state index contributed by atoms with van der Waals surface area (Å²) in [6.07, 6.45) is 4.87. The van der Waals surface area contributed by atoms with Gasteiger partial charge in [0.25, 0.3) is 0 Å². The van der Waals surface area contributed by atoms with Gasteiger partial charge in [-0.25, -0.2) is 9.78 Å². The van der Waals surface area contributed by atoms with Crippen LogP contribution in [-0.4, -0.2) is 44.4 Å². The lowest BCUT2D eigenvalue weighted by atomic mass is 10.1. The fourth-order valence-electron chi connectivity index (χ4n) is 4.42. The minimum atomic E-state index is -0.387. The van der Waals surface area contributed by atoms with Crippen LogP contribution in [0.25, 0.3) is 27.9 Å². The third-order valence-corrected chi connectivity index (χ3v) is 6.06. The Bertz CT molecular complexity index is 1340. The van der Waals surface area contributed by atoms with Crippen molar-refractivity contribution in [3.63, 3.8) is 0 Å². The van der Waals surface area contributed by atoms with Gasteiger partial charge >= 0.3 is 5.63 Å². The van der Waals surface area contributed by atoms with Gasteiger partial charge in [0.15, 0.2) is 5.65 Å². The van der Waals surface area contributed by atoms with E-state index in [1.807, 2.05) is 54.9 Å². The Morgan fingerprint density at radius 1 is 1.16 bits per heavy atom. The highest BCUT2D eigenvalue weighted by Crippen LogP contribution is 2.25. The normalized spacial score (nSPS) is 17.3. The van der Waals surface area contributed by atoms with Crippen molar-refractivity contribution in [1.82, 2.24) is 19.3 Å². The molecule has 1 atom stereocenters. The maximum atomic E-state index is 12.8. The predicted octanol–water partition coefficient (Wildman–Crippen LogP) is 4.01. The van der Waals surface area contributed by atoms with E-state index in [1.165, 1.54) is 0 Å². The van der Waals surface area contributed by atoms with Crippen LogP contribution in [0.3, 0.4) is 0 Å². The SMILES string of the molecule is Cc1cn2cc(-c3cc4ccc(NC5CCN(C(C)C)C5)cc4oc3=O)nc2c(C)n1. The number of imidazole rings is 1. The van der Waals surface area contributed by atoms with Crippen molar-refractivity contribution in [2.45, 2.75) is 46.2 Å². The van der Waals surface area contributed by atoms with E-state index in [0.717, 1.165) is 47.6 Å². The lowest BCUT2D eigenvalue weighted by molar-refractivity contribution is 0.274. The maximum absolute atomic E-state index is 12.8. The quantitative estimate of drug-likeness (QED) is 0.506. The molecule has 31 heavy (non-hydrogen) atoms. The average Bonchev–Trinajstić information content (AvgIpc) is 3.34. The van der Waals surface area contributed by atoms with E-state index in [-0.39, 0.29) is 5.63 Å². The number of hydrogen-bond acceptors (Lipinski definition) is 6. The van der Waals surface area contributed by atoms with Crippen LogP contribution in [0.2, 0.25) is 0 Å². The zero-order valence-corrected chi connectivity index (χ0v) is 18.3. The van der Waals surface area contributed by atoms with Crippen molar-refractivity contribution in [3.8, 4) is 11.3 Å². The van der Waals surface area contributed by atoms with Gasteiger partial charge in [-0.15, -0.1) is 0 Å². The van der Waals surface area contributed by atoms with Crippen LogP contribution >= 0.6 is 0 Å². The standard InChI is InChI=1S/C24H27N5O2/c1-14(2)28-8-7-19(12-28)26-18-6-5-17-9-20(24(30)31-22(17)10-18)21-13-29-11-15(3)25-16(4)23(29)27-21/h5-6,9-11,13-14,19,26H,7-8,12H2,1-4H3. The van der Waals surface area contributed by atoms with Gasteiger partial charge in [-0.05, 0) is 52.3 Å². The van der Waals surface area contributed by atoms with Gasteiger partial charge in [0.05, 0.1) is 22.6 Å². The van der Waals surface area contributed by atoms with Crippen molar-refractivity contribution in [3.05, 3.63) is 58.5 Å². The zero-order chi connectivity index (χ0) is 21.7. The molecule has 0 spiro atoms. The molecule has 4 heterocycles. The summed E-state index contributed by atoms with van der Waals surface area (Å²) in [6, 6.07) is 8.78. The second-order valence-corrected chi connectivity index (χ2v) is 8.74. The molecule has 4 aromatic rings. The lowest BCUT2D eigenvalue weighted by Crippen LogP contribution is -2.31. The molecule has 1 fully saturated rings. The molecule has 1 unspecified atom stereocenters. The third-order valence-electron chi connectivity index (χ3n) is 6.06. The Kier molecular flexibility index (Phi) is 4.78. The molecule has 160 valence electrons. The summed E-state index contributed by atoms with van der Waals surface area (Å²) in [5.74, 6) is 0. The molecule has 3 aromatic heterocycles. The van der Waals surface area contributed by atoms with E-state index in [0.29, 0.717) is 28.9 Å². The number of fused-ring (bicyclic) bond motifs is 2. The molecule has 0 saturated carbocycles. The fraction of sp³-hybridized carbons (Fsp3) is 0.375. The highest BCUT2D eigenvalue weighted by molar-refractivity contribution is 5.84. The number of rotatable bonds is 4. The first-order valence-corrected chi connectivity index (χ1v) is 10.8. The van der Waals surface area contributed by atoms with Crippen LogP contribution in [0.4, 0.5) is 5.69 Å². The minimum Gasteiger partial charge on any atom is -0.422 e. The van der Waals surface area contributed by atoms with Crippen molar-refractivity contribution < 1.29 is 4.42 Å². The maximum Gasteiger partial charge on any atom is 0.345 e. The summed E-state index contributed by atoms with van der Waals surface area (Å²) in [5.41, 5.74) is 4.69. The lowest BCUT2D eigenvalue weighted by Gasteiger charge is -2.20. The predicted molar refractivity (Wildman–Crippen MR) is 123 cm³/mol. The van der Waals surface area contributed by atoms with Gasteiger partial charge < -0.3 is 14.1 Å². The van der Waals surface area contributed by atoms with Crippen LogP contribution in [0.15, 0.2) is 45.9 Å². The number of aryl methyl sites for hydroxylation is 2. The molecule has 7 nitrogen and oxygen atoms in total. The number of likely N-dealkylation sites (tertiary alicyclic amines) is 1. The van der Waals surface area contributed by atoms with Gasteiger partial charge in [0.2, 0.25) is 0 Å². The summed E-state index contributed by atoms with van der Waals surface area (Å²) in [4.78, 5) is 24.3. The monoisotopic (exact) mass is 417 g/mol. The van der Waals surface area contributed by atoms with E-state index in [9.17, 15) is 4.79 Å². The van der Waals surface area contributed by atoms with Crippen molar-refractivity contribution in [2.75, 3.05) is 18.4 Å². The Morgan fingerprint density at radius 2 is 2.00 bits per heavy atom. The van der Waals surface area contributed by atoms with E-state index in [1.54, 1.807) is 0 Å². The fourth-order valence-corrected chi connectivity index (χ4v) is 4.42. The number of anilines is 1. The van der Waals surface area contributed by atoms with E-state index in [2.05, 4.69) is 34.0 Å². The number of benzene rings is 1. The molecule has 5 rings (SSSR count). The molecule has 0 bridgehead atoms. The highest BCUT2D eigenvalue weighted by Gasteiger charge is 2.24. The molecule has 1 N–H and O–H groups in total. The molecular weight excluding hydrogens is 390 g/mol. The summed E-state index contributed by atoms with van der Waals surface area (Å²) < 4.78 is 7.60.